The summed E-state index contributed by atoms with van der Waals surface area (Å²) in [5.74, 6) is 0.454. The third-order valence-electron chi connectivity index (χ3n) is 4.47. The number of aliphatic imine (C=N–C) groups is 1. The molecule has 1 unspecified atom stereocenters. The fraction of sp³-hybridized carbons (Fsp3) is 0.222. The van der Waals surface area contributed by atoms with Crippen molar-refractivity contribution >= 4 is 22.7 Å². The quantitative estimate of drug-likeness (QED) is 0.754. The van der Waals surface area contributed by atoms with Crippen molar-refractivity contribution < 1.29 is 4.39 Å². The van der Waals surface area contributed by atoms with E-state index in [-0.39, 0.29) is 24.4 Å². The van der Waals surface area contributed by atoms with Crippen LogP contribution in [0.1, 0.15) is 17.7 Å². The molecule has 0 saturated heterocycles. The largest absolute Gasteiger partial charge is 0.342 e. The van der Waals surface area contributed by atoms with Gasteiger partial charge in [0.2, 0.25) is 0 Å². The first-order chi connectivity index (χ1) is 12.5. The number of halogens is 1. The maximum atomic E-state index is 14.1. The number of aromatic nitrogens is 3. The van der Waals surface area contributed by atoms with E-state index in [1.807, 2.05) is 19.2 Å². The van der Waals surface area contributed by atoms with Gasteiger partial charge >= 0.3 is 0 Å². The number of nitrogens with one attached hydrogen (secondary N) is 1. The summed E-state index contributed by atoms with van der Waals surface area (Å²) in [5, 5.41) is 13.3. The first-order valence-corrected chi connectivity index (χ1v) is 8.24. The van der Waals surface area contributed by atoms with Gasteiger partial charge in [-0.2, -0.15) is 5.10 Å². The molecule has 0 saturated carbocycles. The van der Waals surface area contributed by atoms with E-state index in [4.69, 9.17) is 11.1 Å². The van der Waals surface area contributed by atoms with Gasteiger partial charge in [0, 0.05) is 25.2 Å². The van der Waals surface area contributed by atoms with Crippen molar-refractivity contribution in [2.75, 3.05) is 7.05 Å². The molecule has 26 heavy (non-hydrogen) atoms. The van der Waals surface area contributed by atoms with Crippen molar-refractivity contribution in [1.29, 1.82) is 5.41 Å². The monoisotopic (exact) mass is 351 g/mol. The molecule has 3 heterocycles. The average Bonchev–Trinajstić information content (AvgIpc) is 2.99. The number of hydrogen-bond donors (Lipinski definition) is 2. The van der Waals surface area contributed by atoms with Crippen molar-refractivity contribution in [3.63, 3.8) is 0 Å². The number of nitrogens with zero attached hydrogens (tertiary/aromatic N) is 5. The molecule has 8 heteroatoms. The lowest BCUT2D eigenvalue weighted by molar-refractivity contribution is 0.374. The van der Waals surface area contributed by atoms with Crippen molar-refractivity contribution in [2.24, 2.45) is 10.7 Å². The minimum Gasteiger partial charge on any atom is -0.342 e. The highest BCUT2D eigenvalue weighted by molar-refractivity contribution is 6.12. The van der Waals surface area contributed by atoms with Crippen LogP contribution in [0, 0.1) is 11.2 Å². The van der Waals surface area contributed by atoms with Gasteiger partial charge in [-0.15, -0.1) is 0 Å². The molecule has 4 rings (SSSR count). The molecule has 3 N–H and O–H groups in total. The predicted octanol–water partition coefficient (Wildman–Crippen LogP) is 1.96. The molecule has 1 aliphatic heterocycles. The van der Waals surface area contributed by atoms with Gasteiger partial charge in [0.15, 0.2) is 11.5 Å². The van der Waals surface area contributed by atoms with Gasteiger partial charge in [0.05, 0.1) is 18.1 Å². The van der Waals surface area contributed by atoms with E-state index in [9.17, 15) is 4.39 Å². The van der Waals surface area contributed by atoms with E-state index >= 15 is 0 Å². The van der Waals surface area contributed by atoms with Crippen LogP contribution in [0.5, 0.6) is 0 Å². The van der Waals surface area contributed by atoms with E-state index in [1.54, 1.807) is 34.0 Å². The Balaban J connectivity index is 1.85. The van der Waals surface area contributed by atoms with E-state index in [0.29, 0.717) is 29.2 Å². The molecule has 0 bridgehead atoms. The second-order valence-electron chi connectivity index (χ2n) is 6.24. The number of nitrogens with two attached hydrogens (primary N) is 1. The average molecular weight is 351 g/mol. The van der Waals surface area contributed by atoms with Crippen LogP contribution in [0.25, 0.3) is 11.0 Å². The first kappa shape index (κ1) is 16.3. The second-order valence-corrected chi connectivity index (χ2v) is 6.24. The Kier molecular flexibility index (Phi) is 3.96. The third kappa shape index (κ3) is 2.74. The van der Waals surface area contributed by atoms with Crippen molar-refractivity contribution in [3.05, 3.63) is 59.7 Å². The highest BCUT2D eigenvalue weighted by Crippen LogP contribution is 2.22. The summed E-state index contributed by atoms with van der Waals surface area (Å²) in [4.78, 5) is 10.6. The maximum absolute atomic E-state index is 14.1. The Morgan fingerprint density at radius 2 is 2.08 bits per heavy atom. The molecule has 0 aliphatic carbocycles. The third-order valence-corrected chi connectivity index (χ3v) is 4.47. The zero-order valence-electron chi connectivity index (χ0n) is 14.2. The molecule has 2 aromatic heterocycles. The normalized spacial score (nSPS) is 17.7. The molecule has 0 fully saturated rings. The van der Waals surface area contributed by atoms with Gasteiger partial charge < -0.3 is 10.6 Å². The van der Waals surface area contributed by atoms with Crippen LogP contribution in [-0.2, 0) is 6.54 Å². The highest BCUT2D eigenvalue weighted by atomic mass is 19.1. The second kappa shape index (κ2) is 6.30. The highest BCUT2D eigenvalue weighted by Gasteiger charge is 2.27. The van der Waals surface area contributed by atoms with Crippen molar-refractivity contribution in [3.8, 4) is 0 Å². The zero-order valence-corrected chi connectivity index (χ0v) is 14.2. The summed E-state index contributed by atoms with van der Waals surface area (Å²) in [7, 11) is 1.83. The van der Waals surface area contributed by atoms with Crippen molar-refractivity contribution in [1.82, 2.24) is 19.7 Å². The molecule has 0 amide bonds. The fourth-order valence-electron chi connectivity index (χ4n) is 3.04. The first-order valence-electron chi connectivity index (χ1n) is 8.24. The SMILES string of the molecule is CN1C(c2nn(Cc3ccccc3F)c3ncccc23)=NC(=N)CC1N. The lowest BCUT2D eigenvalue weighted by atomic mass is 10.2. The Bertz CT molecular complexity index is 1020. The van der Waals surface area contributed by atoms with Gasteiger partial charge in [0.1, 0.15) is 17.3 Å². The molecule has 1 aromatic carbocycles. The Morgan fingerprint density at radius 1 is 1.27 bits per heavy atom. The summed E-state index contributed by atoms with van der Waals surface area (Å²) in [6, 6.07) is 10.3. The standard InChI is InChI=1S/C18H18FN7/c1-25-15(21)9-14(20)23-18(25)16-12-6-4-8-22-17(12)26(24-16)10-11-5-2-3-7-13(11)19/h2-8,15,20H,9-10,21H2,1H3. The van der Waals surface area contributed by atoms with Crippen LogP contribution in [0.15, 0.2) is 47.6 Å². The van der Waals surface area contributed by atoms with E-state index < -0.39 is 0 Å². The molecule has 7 nitrogen and oxygen atoms in total. The minimum absolute atomic E-state index is 0.214. The van der Waals surface area contributed by atoms with Crippen LogP contribution in [0.2, 0.25) is 0 Å². The van der Waals surface area contributed by atoms with Gasteiger partial charge in [-0.3, -0.25) is 5.41 Å². The number of rotatable bonds is 3. The number of fused-ring (bicyclic) bond motifs is 1. The summed E-state index contributed by atoms with van der Waals surface area (Å²) in [5.41, 5.74) is 7.84. The summed E-state index contributed by atoms with van der Waals surface area (Å²) in [6.45, 7) is 0.251. The lowest BCUT2D eigenvalue weighted by Crippen LogP contribution is -2.48. The number of amidine groups is 2. The molecule has 1 atom stereocenters. The van der Waals surface area contributed by atoms with E-state index in [2.05, 4.69) is 15.1 Å². The van der Waals surface area contributed by atoms with Crippen LogP contribution in [0.4, 0.5) is 4.39 Å². The zero-order chi connectivity index (χ0) is 18.3. The Morgan fingerprint density at radius 3 is 2.88 bits per heavy atom. The lowest BCUT2D eigenvalue weighted by Gasteiger charge is -2.30. The minimum atomic E-state index is -0.335. The van der Waals surface area contributed by atoms with E-state index in [1.165, 1.54) is 6.07 Å². The van der Waals surface area contributed by atoms with Crippen LogP contribution in [-0.4, -0.2) is 44.5 Å². The number of pyridine rings is 1. The van der Waals surface area contributed by atoms with Crippen molar-refractivity contribution in [2.45, 2.75) is 19.1 Å². The van der Waals surface area contributed by atoms with Gasteiger partial charge in [-0.05, 0) is 18.2 Å². The number of hydrogen-bond acceptors (Lipinski definition) is 5. The summed E-state index contributed by atoms with van der Waals surface area (Å²) >= 11 is 0. The molecule has 0 spiro atoms. The fourth-order valence-corrected chi connectivity index (χ4v) is 3.04. The van der Waals surface area contributed by atoms with Gasteiger partial charge in [-0.25, -0.2) is 19.0 Å². The Labute approximate surface area is 149 Å². The van der Waals surface area contributed by atoms with Gasteiger partial charge in [-0.1, -0.05) is 18.2 Å². The predicted molar refractivity (Wildman–Crippen MR) is 97.6 cm³/mol. The van der Waals surface area contributed by atoms with Crippen LogP contribution in [0.3, 0.4) is 0 Å². The topological polar surface area (TPSA) is 96.2 Å². The molecular formula is C18H18FN7. The van der Waals surface area contributed by atoms with E-state index in [0.717, 1.165) is 5.39 Å². The van der Waals surface area contributed by atoms with Crippen LogP contribution < -0.4 is 5.73 Å². The summed E-state index contributed by atoms with van der Waals surface area (Å²) in [6.07, 6.45) is 1.72. The number of benzene rings is 1. The molecule has 0 radical (unpaired) electrons. The van der Waals surface area contributed by atoms with Crippen LogP contribution >= 0.6 is 0 Å². The molecular weight excluding hydrogens is 333 g/mol. The maximum Gasteiger partial charge on any atom is 0.160 e. The molecule has 3 aromatic rings. The molecule has 1 aliphatic rings. The van der Waals surface area contributed by atoms with Gasteiger partial charge in [0.25, 0.3) is 0 Å². The Hall–Kier alpha value is -3.13. The summed E-state index contributed by atoms with van der Waals surface area (Å²) < 4.78 is 15.7. The molecule has 132 valence electrons. The smallest absolute Gasteiger partial charge is 0.160 e.